The van der Waals surface area contributed by atoms with Crippen LogP contribution in [-0.4, -0.2) is 27.0 Å². The normalized spacial score (nSPS) is 16.0. The van der Waals surface area contributed by atoms with Gasteiger partial charge in [-0.25, -0.2) is 0 Å². The van der Waals surface area contributed by atoms with Gasteiger partial charge < -0.3 is 5.32 Å². The summed E-state index contributed by atoms with van der Waals surface area (Å²) in [5.74, 6) is 0.957. The van der Waals surface area contributed by atoms with E-state index in [4.69, 9.17) is 11.6 Å². The van der Waals surface area contributed by atoms with Gasteiger partial charge >= 0.3 is 0 Å². The molecule has 2 heterocycles. The van der Waals surface area contributed by atoms with Crippen LogP contribution in [0.15, 0.2) is 48.7 Å². The lowest BCUT2D eigenvalue weighted by Gasteiger charge is -2.28. The Kier molecular flexibility index (Phi) is 4.64. The van der Waals surface area contributed by atoms with E-state index in [0.29, 0.717) is 18.0 Å². The highest BCUT2D eigenvalue weighted by Gasteiger charge is 2.42. The SMILES string of the molecule is O=C(NCCc1nnc2ccccn12)C1(c2ccc(Cl)cc2)CCCC1. The van der Waals surface area contributed by atoms with Crippen LogP contribution >= 0.6 is 11.6 Å². The molecule has 0 radical (unpaired) electrons. The van der Waals surface area contributed by atoms with E-state index in [9.17, 15) is 4.79 Å². The molecule has 1 amide bonds. The Morgan fingerprint density at radius 1 is 1.12 bits per heavy atom. The maximum Gasteiger partial charge on any atom is 0.230 e. The number of benzene rings is 1. The molecule has 0 unspecified atom stereocenters. The van der Waals surface area contributed by atoms with E-state index in [1.54, 1.807) is 0 Å². The molecule has 1 aromatic carbocycles. The molecule has 6 heteroatoms. The fourth-order valence-electron chi connectivity index (χ4n) is 3.91. The standard InChI is InChI=1S/C20H21ClN4O/c21-16-8-6-15(7-9-16)20(11-2-3-12-20)19(26)22-13-10-18-24-23-17-5-1-4-14-25(17)18/h1,4-9,14H,2-3,10-13H2,(H,22,26). The zero-order valence-electron chi connectivity index (χ0n) is 14.5. The minimum Gasteiger partial charge on any atom is -0.355 e. The van der Waals surface area contributed by atoms with Crippen molar-refractivity contribution in [1.82, 2.24) is 19.9 Å². The van der Waals surface area contributed by atoms with Gasteiger partial charge in [0.2, 0.25) is 5.91 Å². The number of hydrogen-bond acceptors (Lipinski definition) is 3. The van der Waals surface area contributed by atoms with Gasteiger partial charge in [0.25, 0.3) is 0 Å². The van der Waals surface area contributed by atoms with Crippen LogP contribution in [-0.2, 0) is 16.6 Å². The Morgan fingerprint density at radius 2 is 1.88 bits per heavy atom. The monoisotopic (exact) mass is 368 g/mol. The third kappa shape index (κ3) is 3.07. The van der Waals surface area contributed by atoms with E-state index in [1.807, 2.05) is 53.1 Å². The van der Waals surface area contributed by atoms with Crippen LogP contribution in [0, 0.1) is 0 Å². The van der Waals surface area contributed by atoms with Crippen LogP contribution in [0.2, 0.25) is 5.02 Å². The largest absolute Gasteiger partial charge is 0.355 e. The van der Waals surface area contributed by atoms with Crippen molar-refractivity contribution in [3.05, 3.63) is 65.1 Å². The second-order valence-electron chi connectivity index (χ2n) is 6.85. The van der Waals surface area contributed by atoms with E-state index in [1.165, 1.54) is 0 Å². The molecule has 2 aromatic heterocycles. The molecule has 1 N–H and O–H groups in total. The Morgan fingerprint density at radius 3 is 2.65 bits per heavy atom. The van der Waals surface area contributed by atoms with Gasteiger partial charge in [0, 0.05) is 24.2 Å². The van der Waals surface area contributed by atoms with Crippen LogP contribution in [0.3, 0.4) is 0 Å². The highest BCUT2D eigenvalue weighted by Crippen LogP contribution is 2.41. The van der Waals surface area contributed by atoms with Crippen LogP contribution in [0.4, 0.5) is 0 Å². The lowest BCUT2D eigenvalue weighted by Crippen LogP contribution is -2.43. The minimum atomic E-state index is -0.433. The molecule has 5 nitrogen and oxygen atoms in total. The van der Waals surface area contributed by atoms with E-state index < -0.39 is 5.41 Å². The number of carbonyl (C=O) groups is 1. The Hall–Kier alpha value is -2.40. The van der Waals surface area contributed by atoms with Gasteiger partial charge in [-0.3, -0.25) is 9.20 Å². The summed E-state index contributed by atoms with van der Waals surface area (Å²) in [5, 5.41) is 12.2. The highest BCUT2D eigenvalue weighted by molar-refractivity contribution is 6.30. The van der Waals surface area contributed by atoms with Crippen molar-refractivity contribution in [2.75, 3.05) is 6.54 Å². The molecule has 0 bridgehead atoms. The van der Waals surface area contributed by atoms with Crippen LogP contribution in [0.1, 0.15) is 37.1 Å². The number of aromatic nitrogens is 3. The summed E-state index contributed by atoms with van der Waals surface area (Å²) in [4.78, 5) is 13.1. The third-order valence-corrected chi connectivity index (χ3v) is 5.56. The second kappa shape index (κ2) is 7.08. The molecule has 1 aliphatic carbocycles. The molecule has 0 saturated heterocycles. The average Bonchev–Trinajstić information content (AvgIpc) is 3.31. The van der Waals surface area contributed by atoms with Crippen molar-refractivity contribution in [3.8, 4) is 0 Å². The molecule has 0 aliphatic heterocycles. The molecule has 1 fully saturated rings. The smallest absolute Gasteiger partial charge is 0.230 e. The summed E-state index contributed by atoms with van der Waals surface area (Å²) >= 11 is 6.02. The number of pyridine rings is 1. The van der Waals surface area contributed by atoms with E-state index >= 15 is 0 Å². The lowest BCUT2D eigenvalue weighted by molar-refractivity contribution is -0.126. The van der Waals surface area contributed by atoms with Gasteiger partial charge in [-0.2, -0.15) is 0 Å². The molecule has 1 saturated carbocycles. The first-order chi connectivity index (χ1) is 12.7. The van der Waals surface area contributed by atoms with Crippen molar-refractivity contribution < 1.29 is 4.79 Å². The highest BCUT2D eigenvalue weighted by atomic mass is 35.5. The van der Waals surface area contributed by atoms with Gasteiger partial charge in [0.05, 0.1) is 5.41 Å². The number of nitrogens with one attached hydrogen (secondary N) is 1. The summed E-state index contributed by atoms with van der Waals surface area (Å²) in [6, 6.07) is 13.5. The fraction of sp³-hybridized carbons (Fsp3) is 0.350. The van der Waals surface area contributed by atoms with Gasteiger partial charge in [-0.1, -0.05) is 42.6 Å². The number of halogens is 1. The first-order valence-electron chi connectivity index (χ1n) is 9.02. The number of nitrogens with zero attached hydrogens (tertiary/aromatic N) is 3. The first kappa shape index (κ1) is 17.0. The van der Waals surface area contributed by atoms with Gasteiger partial charge in [-0.15, -0.1) is 10.2 Å². The molecule has 3 aromatic rings. The number of carbonyl (C=O) groups excluding carboxylic acids is 1. The zero-order valence-corrected chi connectivity index (χ0v) is 15.2. The zero-order chi connectivity index (χ0) is 18.0. The predicted octanol–water partition coefficient (Wildman–Crippen LogP) is 3.55. The van der Waals surface area contributed by atoms with Gasteiger partial charge in [-0.05, 0) is 42.7 Å². The number of rotatable bonds is 5. The topological polar surface area (TPSA) is 59.3 Å². The van der Waals surface area contributed by atoms with Crippen molar-refractivity contribution in [2.24, 2.45) is 0 Å². The summed E-state index contributed by atoms with van der Waals surface area (Å²) in [7, 11) is 0. The quantitative estimate of drug-likeness (QED) is 0.749. The van der Waals surface area contributed by atoms with E-state index in [2.05, 4.69) is 15.5 Å². The molecular weight excluding hydrogens is 348 g/mol. The summed E-state index contributed by atoms with van der Waals surface area (Å²) < 4.78 is 1.96. The van der Waals surface area contributed by atoms with E-state index in [0.717, 1.165) is 42.7 Å². The number of fused-ring (bicyclic) bond motifs is 1. The predicted molar refractivity (Wildman–Crippen MR) is 101 cm³/mol. The molecular formula is C20H21ClN4O. The summed E-state index contributed by atoms with van der Waals surface area (Å²) in [6.45, 7) is 0.545. The fourth-order valence-corrected chi connectivity index (χ4v) is 4.04. The van der Waals surface area contributed by atoms with Crippen molar-refractivity contribution in [2.45, 2.75) is 37.5 Å². The number of hydrogen-bond donors (Lipinski definition) is 1. The maximum atomic E-state index is 13.1. The Balaban J connectivity index is 1.46. The third-order valence-electron chi connectivity index (χ3n) is 5.31. The van der Waals surface area contributed by atoms with Crippen LogP contribution in [0.5, 0.6) is 0 Å². The molecule has 1 aliphatic rings. The number of amides is 1. The van der Waals surface area contributed by atoms with Crippen LogP contribution in [0.25, 0.3) is 5.65 Å². The average molecular weight is 369 g/mol. The molecule has 134 valence electrons. The van der Waals surface area contributed by atoms with Crippen molar-refractivity contribution in [1.29, 1.82) is 0 Å². The first-order valence-corrected chi connectivity index (χ1v) is 9.40. The maximum absolute atomic E-state index is 13.1. The minimum absolute atomic E-state index is 0.103. The Labute approximate surface area is 157 Å². The Bertz CT molecular complexity index is 913. The van der Waals surface area contributed by atoms with Crippen molar-refractivity contribution >= 4 is 23.2 Å². The molecule has 4 rings (SSSR count). The van der Waals surface area contributed by atoms with Crippen LogP contribution < -0.4 is 5.32 Å². The van der Waals surface area contributed by atoms with E-state index in [-0.39, 0.29) is 5.91 Å². The summed E-state index contributed by atoms with van der Waals surface area (Å²) in [6.07, 6.45) is 6.50. The molecule has 0 atom stereocenters. The summed E-state index contributed by atoms with van der Waals surface area (Å²) in [5.41, 5.74) is 1.45. The lowest BCUT2D eigenvalue weighted by atomic mass is 9.78. The van der Waals surface area contributed by atoms with Gasteiger partial charge in [0.1, 0.15) is 5.82 Å². The van der Waals surface area contributed by atoms with Crippen molar-refractivity contribution in [3.63, 3.8) is 0 Å². The molecule has 0 spiro atoms. The molecule has 26 heavy (non-hydrogen) atoms. The van der Waals surface area contributed by atoms with Gasteiger partial charge in [0.15, 0.2) is 5.65 Å². The second-order valence-corrected chi connectivity index (χ2v) is 7.28.